The van der Waals surface area contributed by atoms with E-state index < -0.39 is 26.5 Å². The largest absolute Gasteiger partial charge is 0.756 e. The summed E-state index contributed by atoms with van der Waals surface area (Å²) in [5.74, 6) is -0.813. The summed E-state index contributed by atoms with van der Waals surface area (Å²) in [6.45, 7) is 4.28. The summed E-state index contributed by atoms with van der Waals surface area (Å²) in [7, 11) is 1.19. The molecule has 0 aliphatic heterocycles. The normalized spacial score (nSPS) is 13.3. The van der Waals surface area contributed by atoms with Crippen LogP contribution in [0, 0.1) is 0 Å². The summed E-state index contributed by atoms with van der Waals surface area (Å²) in [5, 5.41) is 0. The van der Waals surface area contributed by atoms with E-state index in [1.165, 1.54) is 250 Å². The van der Waals surface area contributed by atoms with Crippen LogP contribution in [0.1, 0.15) is 322 Å². The molecule has 10 heteroatoms. The van der Waals surface area contributed by atoms with Crippen molar-refractivity contribution in [2.24, 2.45) is 0 Å². The zero-order valence-electron chi connectivity index (χ0n) is 49.8. The highest BCUT2D eigenvalue weighted by molar-refractivity contribution is 7.45. The molecule has 0 aliphatic carbocycles. The zero-order valence-corrected chi connectivity index (χ0v) is 50.7. The molecule has 0 amide bonds. The van der Waals surface area contributed by atoms with Crippen LogP contribution in [0.4, 0.5) is 0 Å². The van der Waals surface area contributed by atoms with Crippen molar-refractivity contribution in [1.29, 1.82) is 0 Å². The van der Waals surface area contributed by atoms with Crippen LogP contribution in [-0.4, -0.2) is 70.0 Å². The lowest BCUT2D eigenvalue weighted by molar-refractivity contribution is -0.870. The predicted molar refractivity (Wildman–Crippen MR) is 314 cm³/mol. The number of unbranched alkanes of at least 4 members (excludes halogenated alkanes) is 42. The average molecular weight is 1070 g/mol. The van der Waals surface area contributed by atoms with Gasteiger partial charge in [0.15, 0.2) is 6.10 Å². The van der Waals surface area contributed by atoms with Crippen LogP contribution in [0.5, 0.6) is 0 Å². The van der Waals surface area contributed by atoms with Gasteiger partial charge < -0.3 is 27.9 Å². The van der Waals surface area contributed by atoms with Gasteiger partial charge in [-0.25, -0.2) is 0 Å². The molecule has 0 spiro atoms. The lowest BCUT2D eigenvalue weighted by atomic mass is 10.0. The van der Waals surface area contributed by atoms with Gasteiger partial charge in [-0.05, 0) is 44.9 Å². The maximum atomic E-state index is 12.8. The van der Waals surface area contributed by atoms with Crippen molar-refractivity contribution in [2.75, 3.05) is 47.5 Å². The highest BCUT2D eigenvalue weighted by atomic mass is 31.2. The van der Waals surface area contributed by atoms with E-state index in [-0.39, 0.29) is 32.0 Å². The van der Waals surface area contributed by atoms with Crippen LogP contribution in [-0.2, 0) is 32.7 Å². The Bertz CT molecular complexity index is 1300. The second-order valence-corrected chi connectivity index (χ2v) is 24.5. The summed E-state index contributed by atoms with van der Waals surface area (Å²) in [6, 6.07) is 0. The van der Waals surface area contributed by atoms with E-state index in [4.69, 9.17) is 18.5 Å². The van der Waals surface area contributed by atoms with Gasteiger partial charge in [0.1, 0.15) is 19.8 Å². The van der Waals surface area contributed by atoms with Crippen LogP contribution in [0.15, 0.2) is 24.3 Å². The quantitative estimate of drug-likeness (QED) is 0.0195. The van der Waals surface area contributed by atoms with E-state index in [1.54, 1.807) is 0 Å². The number of phosphoric acid groups is 1. The minimum Gasteiger partial charge on any atom is -0.756 e. The number of allylic oxidation sites excluding steroid dienone is 4. The lowest BCUT2D eigenvalue weighted by Crippen LogP contribution is -2.37. The van der Waals surface area contributed by atoms with Gasteiger partial charge in [-0.1, -0.05) is 289 Å². The number of carbonyl (C=O) groups excluding carboxylic acids is 2. The number of ether oxygens (including phenoxy) is 2. The number of likely N-dealkylation sites (N-methyl/N-ethyl adjacent to an activating group) is 1. The SMILES string of the molecule is CCCCCCC/C=C\C/C=C\CCCCCCCCCCCCCCCCCCCCCCCCCC(=O)OC(COC(=O)CCCCCCCCCCCCCCCCC)COP(=O)([O-])OCC[N+](C)(C)C. The van der Waals surface area contributed by atoms with Crippen molar-refractivity contribution >= 4 is 19.8 Å². The summed E-state index contributed by atoms with van der Waals surface area (Å²) in [5.41, 5.74) is 0. The maximum Gasteiger partial charge on any atom is 0.306 e. The minimum absolute atomic E-state index is 0.0266. The van der Waals surface area contributed by atoms with Gasteiger partial charge in [0.05, 0.1) is 27.7 Å². The van der Waals surface area contributed by atoms with Crippen LogP contribution in [0.25, 0.3) is 0 Å². The number of hydrogen-bond donors (Lipinski definition) is 0. The fraction of sp³-hybridized carbons (Fsp3) is 0.906. The maximum absolute atomic E-state index is 12.8. The molecule has 2 unspecified atom stereocenters. The second-order valence-electron chi connectivity index (χ2n) is 23.1. The van der Waals surface area contributed by atoms with Crippen LogP contribution in [0.2, 0.25) is 0 Å². The van der Waals surface area contributed by atoms with E-state index in [2.05, 4.69) is 38.2 Å². The summed E-state index contributed by atoms with van der Waals surface area (Å²) in [6.07, 6.45) is 68.3. The van der Waals surface area contributed by atoms with Crippen molar-refractivity contribution in [2.45, 2.75) is 328 Å². The molecule has 0 heterocycles. The predicted octanol–water partition coefficient (Wildman–Crippen LogP) is 19.5. The van der Waals surface area contributed by atoms with E-state index in [9.17, 15) is 19.0 Å². The Balaban J connectivity index is 3.93. The van der Waals surface area contributed by atoms with Crippen molar-refractivity contribution in [3.63, 3.8) is 0 Å². The van der Waals surface area contributed by atoms with Crippen LogP contribution < -0.4 is 4.89 Å². The Morgan fingerprint density at radius 3 is 1.07 bits per heavy atom. The molecule has 0 aromatic heterocycles. The third-order valence-electron chi connectivity index (χ3n) is 14.5. The molecular weight excluding hydrogens is 942 g/mol. The van der Waals surface area contributed by atoms with Crippen LogP contribution >= 0.6 is 7.82 Å². The lowest BCUT2D eigenvalue weighted by Gasteiger charge is -2.28. The molecule has 0 bridgehead atoms. The molecule has 74 heavy (non-hydrogen) atoms. The monoisotopic (exact) mass is 1070 g/mol. The number of quaternary nitrogens is 1. The topological polar surface area (TPSA) is 111 Å². The molecule has 0 N–H and O–H groups in total. The second kappa shape index (κ2) is 56.2. The number of esters is 2. The summed E-state index contributed by atoms with van der Waals surface area (Å²) < 4.78 is 34.2. The van der Waals surface area contributed by atoms with Crippen molar-refractivity contribution in [3.8, 4) is 0 Å². The molecule has 0 radical (unpaired) electrons. The molecule has 0 aliphatic rings. The standard InChI is InChI=1S/C64H124NO8P/c1-6-8-10-12-14-16-18-20-22-23-24-25-26-27-28-29-30-31-32-33-34-35-36-37-38-39-40-41-43-45-47-49-51-53-55-57-64(67)73-62(61-72-74(68,69)71-59-58-65(3,4)5)60-70-63(66)56-54-52-50-48-46-44-42-21-19-17-15-13-11-9-7-2/h18,20,23-24,62H,6-17,19,21-22,25-61H2,1-5H3/b20-18-,24-23-. The molecule has 0 fully saturated rings. The molecule has 0 saturated heterocycles. The van der Waals surface area contributed by atoms with Gasteiger partial charge in [-0.3, -0.25) is 14.2 Å². The third-order valence-corrected chi connectivity index (χ3v) is 15.4. The van der Waals surface area contributed by atoms with Gasteiger partial charge in [0.25, 0.3) is 7.82 Å². The van der Waals surface area contributed by atoms with E-state index >= 15 is 0 Å². The van der Waals surface area contributed by atoms with Crippen molar-refractivity contribution in [1.82, 2.24) is 0 Å². The molecular formula is C64H124NO8P. The van der Waals surface area contributed by atoms with Gasteiger partial charge in [0, 0.05) is 12.8 Å². The first kappa shape index (κ1) is 72.5. The molecule has 2 atom stereocenters. The minimum atomic E-state index is -4.63. The van der Waals surface area contributed by atoms with Crippen molar-refractivity contribution in [3.05, 3.63) is 24.3 Å². The number of hydrogen-bond acceptors (Lipinski definition) is 8. The summed E-state index contributed by atoms with van der Waals surface area (Å²) in [4.78, 5) is 37.9. The fourth-order valence-corrected chi connectivity index (χ4v) is 10.2. The van der Waals surface area contributed by atoms with Gasteiger partial charge in [0.2, 0.25) is 0 Å². The fourth-order valence-electron chi connectivity index (χ4n) is 9.51. The first-order chi connectivity index (χ1) is 36.0. The van der Waals surface area contributed by atoms with Gasteiger partial charge >= 0.3 is 11.9 Å². The number of nitrogens with zero attached hydrogens (tertiary/aromatic N) is 1. The number of phosphoric ester groups is 1. The van der Waals surface area contributed by atoms with E-state index in [1.807, 2.05) is 21.1 Å². The van der Waals surface area contributed by atoms with E-state index in [0.29, 0.717) is 17.4 Å². The molecule has 0 aromatic carbocycles. The first-order valence-corrected chi connectivity index (χ1v) is 33.5. The highest BCUT2D eigenvalue weighted by Crippen LogP contribution is 2.38. The Kier molecular flexibility index (Phi) is 55.1. The molecule has 0 rings (SSSR count). The Morgan fingerprint density at radius 1 is 0.419 bits per heavy atom. The molecule has 0 saturated carbocycles. The molecule has 0 aromatic rings. The Labute approximate surface area is 459 Å². The van der Waals surface area contributed by atoms with Crippen molar-refractivity contribution < 1.29 is 42.1 Å². The molecule has 438 valence electrons. The highest BCUT2D eigenvalue weighted by Gasteiger charge is 2.22. The average Bonchev–Trinajstić information content (AvgIpc) is 3.36. The first-order valence-electron chi connectivity index (χ1n) is 32.0. The van der Waals surface area contributed by atoms with E-state index in [0.717, 1.165) is 38.5 Å². The van der Waals surface area contributed by atoms with Gasteiger partial charge in [-0.2, -0.15) is 0 Å². The zero-order chi connectivity index (χ0) is 54.2. The molecule has 9 nitrogen and oxygen atoms in total. The number of rotatable bonds is 60. The Morgan fingerprint density at radius 2 is 0.730 bits per heavy atom. The summed E-state index contributed by atoms with van der Waals surface area (Å²) >= 11 is 0. The smallest absolute Gasteiger partial charge is 0.306 e. The Hall–Kier alpha value is -1.51. The van der Waals surface area contributed by atoms with Gasteiger partial charge in [-0.15, -0.1) is 0 Å². The number of carbonyl (C=O) groups is 2. The van der Waals surface area contributed by atoms with Crippen LogP contribution in [0.3, 0.4) is 0 Å². The third kappa shape index (κ3) is 59.7.